The number of hydrogen-bond donors (Lipinski definition) is 0. The number of benzene rings is 1. The van der Waals surface area contributed by atoms with Crippen molar-refractivity contribution in [1.82, 2.24) is 20.0 Å². The minimum absolute atomic E-state index is 0.185. The lowest BCUT2D eigenvalue weighted by Gasteiger charge is -2.25. The molecule has 2 aromatic rings. The normalized spacial score (nSPS) is 18.4. The molecule has 5 heteroatoms. The number of rotatable bonds is 6. The van der Waals surface area contributed by atoms with Gasteiger partial charge in [-0.15, -0.1) is 10.2 Å². The molecule has 1 aliphatic rings. The van der Waals surface area contributed by atoms with Crippen LogP contribution in [0.1, 0.15) is 50.6 Å². The Hall–Kier alpha value is -1.72. The fraction of sp³-hybridized carbons (Fsp3) is 0.600. The van der Waals surface area contributed by atoms with Crippen LogP contribution in [0.15, 0.2) is 34.7 Å². The van der Waals surface area contributed by atoms with Gasteiger partial charge < -0.3 is 4.42 Å². The standard InChI is InChI=1S/C20H30N4O/c1-16(2)14-19-21-22-20(25-19)17(3)24-11-7-10-23(12-13-24)15-18-8-5-4-6-9-18/h4-6,8-9,16-17H,7,10-15H2,1-3H3. The molecule has 1 aromatic carbocycles. The summed E-state index contributed by atoms with van der Waals surface area (Å²) < 4.78 is 5.90. The maximum Gasteiger partial charge on any atom is 0.233 e. The highest BCUT2D eigenvalue weighted by Gasteiger charge is 2.24. The van der Waals surface area contributed by atoms with Gasteiger partial charge in [0, 0.05) is 32.6 Å². The third-order valence-electron chi connectivity index (χ3n) is 4.84. The predicted octanol–water partition coefficient (Wildman–Crippen LogP) is 3.54. The summed E-state index contributed by atoms with van der Waals surface area (Å²) in [6.07, 6.45) is 2.02. The Morgan fingerprint density at radius 3 is 2.56 bits per heavy atom. The van der Waals surface area contributed by atoms with E-state index in [0.29, 0.717) is 5.92 Å². The minimum atomic E-state index is 0.185. The second-order valence-electron chi connectivity index (χ2n) is 7.46. The van der Waals surface area contributed by atoms with Crippen LogP contribution in [0.25, 0.3) is 0 Å². The Morgan fingerprint density at radius 2 is 1.80 bits per heavy atom. The Morgan fingerprint density at radius 1 is 1.00 bits per heavy atom. The van der Waals surface area contributed by atoms with Crippen molar-refractivity contribution in [2.24, 2.45) is 5.92 Å². The average Bonchev–Trinajstić information content (AvgIpc) is 2.93. The van der Waals surface area contributed by atoms with E-state index >= 15 is 0 Å². The molecule has 25 heavy (non-hydrogen) atoms. The highest BCUT2D eigenvalue weighted by Crippen LogP contribution is 2.22. The first kappa shape index (κ1) is 18.1. The van der Waals surface area contributed by atoms with Crippen LogP contribution in [0.4, 0.5) is 0 Å². The van der Waals surface area contributed by atoms with Crippen LogP contribution in [0.2, 0.25) is 0 Å². The molecule has 0 amide bonds. The monoisotopic (exact) mass is 342 g/mol. The summed E-state index contributed by atoms with van der Waals surface area (Å²) in [5.41, 5.74) is 1.39. The molecule has 0 spiro atoms. The highest BCUT2D eigenvalue weighted by molar-refractivity contribution is 5.14. The number of nitrogens with zero attached hydrogens (tertiary/aromatic N) is 4. The molecule has 0 saturated carbocycles. The van der Waals surface area contributed by atoms with Crippen molar-refractivity contribution in [1.29, 1.82) is 0 Å². The van der Waals surface area contributed by atoms with Crippen LogP contribution < -0.4 is 0 Å². The van der Waals surface area contributed by atoms with Crippen LogP contribution in [0.3, 0.4) is 0 Å². The molecule has 1 unspecified atom stereocenters. The molecule has 1 aromatic heterocycles. The van der Waals surface area contributed by atoms with E-state index in [-0.39, 0.29) is 6.04 Å². The van der Waals surface area contributed by atoms with Crippen molar-refractivity contribution in [2.45, 2.75) is 46.2 Å². The average molecular weight is 342 g/mol. The largest absolute Gasteiger partial charge is 0.424 e. The lowest BCUT2D eigenvalue weighted by Crippen LogP contribution is -2.32. The molecule has 0 radical (unpaired) electrons. The number of hydrogen-bond acceptors (Lipinski definition) is 5. The maximum atomic E-state index is 5.90. The molecule has 5 nitrogen and oxygen atoms in total. The molecule has 1 saturated heterocycles. The summed E-state index contributed by atoms with van der Waals surface area (Å²) in [5, 5.41) is 8.50. The molecular weight excluding hydrogens is 312 g/mol. The summed E-state index contributed by atoms with van der Waals surface area (Å²) in [6, 6.07) is 10.9. The Balaban J connectivity index is 1.56. The first-order valence-electron chi connectivity index (χ1n) is 9.44. The topological polar surface area (TPSA) is 45.4 Å². The van der Waals surface area contributed by atoms with E-state index in [1.807, 2.05) is 0 Å². The van der Waals surface area contributed by atoms with Gasteiger partial charge in [0.25, 0.3) is 0 Å². The van der Waals surface area contributed by atoms with Crippen molar-refractivity contribution in [3.8, 4) is 0 Å². The van der Waals surface area contributed by atoms with Gasteiger partial charge in [-0.1, -0.05) is 44.2 Å². The van der Waals surface area contributed by atoms with Crippen molar-refractivity contribution in [2.75, 3.05) is 26.2 Å². The Bertz CT molecular complexity index is 640. The van der Waals surface area contributed by atoms with Crippen LogP contribution in [-0.2, 0) is 13.0 Å². The number of aromatic nitrogens is 2. The van der Waals surface area contributed by atoms with E-state index in [9.17, 15) is 0 Å². The fourth-order valence-electron chi connectivity index (χ4n) is 3.40. The molecule has 0 N–H and O–H groups in total. The third kappa shape index (κ3) is 5.13. The molecule has 0 aliphatic carbocycles. The van der Waals surface area contributed by atoms with Crippen molar-refractivity contribution < 1.29 is 4.42 Å². The zero-order valence-electron chi connectivity index (χ0n) is 15.7. The van der Waals surface area contributed by atoms with Crippen molar-refractivity contribution >= 4 is 0 Å². The van der Waals surface area contributed by atoms with Gasteiger partial charge in [-0.25, -0.2) is 0 Å². The second kappa shape index (κ2) is 8.59. The van der Waals surface area contributed by atoms with Gasteiger partial charge >= 0.3 is 0 Å². The SMILES string of the molecule is CC(C)Cc1nnc(C(C)N2CCCN(Cc3ccccc3)CC2)o1. The first-order valence-corrected chi connectivity index (χ1v) is 9.44. The lowest BCUT2D eigenvalue weighted by atomic mass is 10.1. The van der Waals surface area contributed by atoms with Crippen molar-refractivity contribution in [3.63, 3.8) is 0 Å². The summed E-state index contributed by atoms with van der Waals surface area (Å²) in [4.78, 5) is 5.01. The smallest absolute Gasteiger partial charge is 0.233 e. The molecule has 1 atom stereocenters. The third-order valence-corrected chi connectivity index (χ3v) is 4.84. The molecule has 3 rings (SSSR count). The summed E-state index contributed by atoms with van der Waals surface area (Å²) in [7, 11) is 0. The molecule has 1 fully saturated rings. The van der Waals surface area contributed by atoms with E-state index < -0.39 is 0 Å². The Labute approximate surface area is 151 Å². The van der Waals surface area contributed by atoms with Crippen LogP contribution in [-0.4, -0.2) is 46.2 Å². The van der Waals surface area contributed by atoms with Gasteiger partial charge in [-0.2, -0.15) is 0 Å². The van der Waals surface area contributed by atoms with Gasteiger partial charge in [0.15, 0.2) is 0 Å². The van der Waals surface area contributed by atoms with Gasteiger partial charge in [0.1, 0.15) is 0 Å². The summed E-state index contributed by atoms with van der Waals surface area (Å²) in [6.45, 7) is 11.9. The summed E-state index contributed by atoms with van der Waals surface area (Å²) >= 11 is 0. The van der Waals surface area contributed by atoms with Gasteiger partial charge in [-0.3, -0.25) is 9.80 Å². The second-order valence-corrected chi connectivity index (χ2v) is 7.46. The molecule has 1 aliphatic heterocycles. The zero-order valence-corrected chi connectivity index (χ0v) is 15.7. The van der Waals surface area contributed by atoms with Gasteiger partial charge in [-0.05, 0) is 31.4 Å². The van der Waals surface area contributed by atoms with Crippen LogP contribution >= 0.6 is 0 Å². The van der Waals surface area contributed by atoms with Crippen LogP contribution in [0.5, 0.6) is 0 Å². The zero-order chi connectivity index (χ0) is 17.6. The Kier molecular flexibility index (Phi) is 6.21. The van der Waals surface area contributed by atoms with Crippen molar-refractivity contribution in [3.05, 3.63) is 47.7 Å². The molecule has 136 valence electrons. The maximum absolute atomic E-state index is 5.90. The van der Waals surface area contributed by atoms with E-state index in [1.165, 1.54) is 12.0 Å². The summed E-state index contributed by atoms with van der Waals surface area (Å²) in [5.74, 6) is 2.05. The quantitative estimate of drug-likeness (QED) is 0.803. The minimum Gasteiger partial charge on any atom is -0.424 e. The van der Waals surface area contributed by atoms with Gasteiger partial charge in [0.2, 0.25) is 11.8 Å². The van der Waals surface area contributed by atoms with Crippen LogP contribution in [0, 0.1) is 5.92 Å². The van der Waals surface area contributed by atoms with Gasteiger partial charge in [0.05, 0.1) is 6.04 Å². The first-order chi connectivity index (χ1) is 12.1. The van der Waals surface area contributed by atoms with E-state index in [4.69, 9.17) is 4.42 Å². The van der Waals surface area contributed by atoms with E-state index in [2.05, 4.69) is 71.1 Å². The molecule has 0 bridgehead atoms. The van der Waals surface area contributed by atoms with E-state index in [0.717, 1.165) is 50.9 Å². The predicted molar refractivity (Wildman–Crippen MR) is 99.2 cm³/mol. The fourth-order valence-corrected chi connectivity index (χ4v) is 3.40. The molecule has 2 heterocycles. The molecular formula is C20H30N4O. The van der Waals surface area contributed by atoms with E-state index in [1.54, 1.807) is 0 Å². The lowest BCUT2D eigenvalue weighted by molar-refractivity contribution is 0.182. The highest BCUT2D eigenvalue weighted by atomic mass is 16.4.